The molecule has 5 unspecified atom stereocenters. The van der Waals surface area contributed by atoms with Crippen molar-refractivity contribution in [2.45, 2.75) is 24.3 Å². The van der Waals surface area contributed by atoms with Crippen LogP contribution >= 0.6 is 0 Å². The van der Waals surface area contributed by atoms with Gasteiger partial charge in [0.2, 0.25) is 27.7 Å². The van der Waals surface area contributed by atoms with Gasteiger partial charge in [-0.2, -0.15) is 0 Å². The van der Waals surface area contributed by atoms with Gasteiger partial charge in [-0.15, -0.1) is 0 Å². The summed E-state index contributed by atoms with van der Waals surface area (Å²) < 4.78 is 22.6. The lowest BCUT2D eigenvalue weighted by Gasteiger charge is -2.23. The molecule has 1 saturated heterocycles. The molecule has 3 N–H and O–H groups in total. The molecule has 0 radical (unpaired) electrons. The van der Waals surface area contributed by atoms with E-state index in [-0.39, 0.29) is 40.4 Å². The highest BCUT2D eigenvalue weighted by atomic mass is 32.2. The molecule has 5 atom stereocenters. The number of allylic oxidation sites excluding steroid dienone is 2. The predicted octanol–water partition coefficient (Wildman–Crippen LogP) is 0.468. The Morgan fingerprint density at radius 2 is 1.63 bits per heavy atom. The van der Waals surface area contributed by atoms with Crippen LogP contribution in [0.1, 0.15) is 13.3 Å². The van der Waals surface area contributed by atoms with Crippen molar-refractivity contribution in [1.82, 2.24) is 4.90 Å². The zero-order valence-corrected chi connectivity index (χ0v) is 15.3. The number of benzene rings is 1. The number of carbonyl (C=O) groups is 3. The zero-order valence-electron chi connectivity index (χ0n) is 14.5. The summed E-state index contributed by atoms with van der Waals surface area (Å²) in [5.41, 5.74) is 0.347. The number of carbonyl (C=O) groups excluding carboxylic acids is 3. The lowest BCUT2D eigenvalue weighted by molar-refractivity contribution is -0.146. The summed E-state index contributed by atoms with van der Waals surface area (Å²) in [5.74, 6) is -1.61. The fraction of sp³-hybridized carbons (Fsp3) is 0.389. The molecule has 0 spiro atoms. The number of amides is 3. The Morgan fingerprint density at radius 3 is 2.11 bits per heavy atom. The second-order valence-electron chi connectivity index (χ2n) is 7.28. The Balaban J connectivity index is 1.48. The molecule has 2 bridgehead atoms. The molecule has 3 amide bonds. The number of nitrogens with zero attached hydrogens (tertiary/aromatic N) is 1. The van der Waals surface area contributed by atoms with Gasteiger partial charge in [-0.3, -0.25) is 19.3 Å². The molecule has 142 valence electrons. The average Bonchev–Trinajstić information content (AvgIpc) is 3.28. The SMILES string of the molecule is CC(C(=O)Nc1ccc(S(N)(=O)=O)cc1)N1C(=O)C2C3C=CC(C3)C2C1=O. The lowest BCUT2D eigenvalue weighted by atomic mass is 9.85. The minimum Gasteiger partial charge on any atom is -0.324 e. The van der Waals surface area contributed by atoms with Crippen LogP contribution in [0.3, 0.4) is 0 Å². The molecule has 27 heavy (non-hydrogen) atoms. The molecule has 1 aromatic carbocycles. The normalized spacial score (nSPS) is 29.9. The van der Waals surface area contributed by atoms with Crippen molar-refractivity contribution in [2.24, 2.45) is 28.8 Å². The minimum absolute atomic E-state index is 0.0748. The van der Waals surface area contributed by atoms with Crippen LogP contribution in [-0.2, 0) is 24.4 Å². The predicted molar refractivity (Wildman–Crippen MR) is 95.5 cm³/mol. The maximum absolute atomic E-state index is 12.8. The minimum atomic E-state index is -3.82. The smallest absolute Gasteiger partial charge is 0.247 e. The quantitative estimate of drug-likeness (QED) is 0.572. The second-order valence-corrected chi connectivity index (χ2v) is 8.84. The number of imide groups is 1. The first-order valence-electron chi connectivity index (χ1n) is 8.67. The fourth-order valence-electron chi connectivity index (χ4n) is 4.40. The van der Waals surface area contributed by atoms with Gasteiger partial charge in [-0.1, -0.05) is 12.2 Å². The van der Waals surface area contributed by atoms with Crippen molar-refractivity contribution in [3.05, 3.63) is 36.4 Å². The van der Waals surface area contributed by atoms with E-state index in [4.69, 9.17) is 5.14 Å². The Morgan fingerprint density at radius 1 is 1.11 bits per heavy atom. The molecule has 1 heterocycles. The molecule has 9 heteroatoms. The van der Waals surface area contributed by atoms with Crippen molar-refractivity contribution in [3.63, 3.8) is 0 Å². The number of nitrogens with one attached hydrogen (secondary N) is 1. The van der Waals surface area contributed by atoms with Gasteiger partial charge >= 0.3 is 0 Å². The van der Waals surface area contributed by atoms with Crippen LogP contribution in [0.2, 0.25) is 0 Å². The number of sulfonamides is 1. The molecule has 3 aliphatic rings. The number of hydrogen-bond donors (Lipinski definition) is 2. The molecule has 4 rings (SSSR count). The highest BCUT2D eigenvalue weighted by Crippen LogP contribution is 2.52. The van der Waals surface area contributed by atoms with E-state index >= 15 is 0 Å². The van der Waals surface area contributed by atoms with E-state index in [1.54, 1.807) is 0 Å². The van der Waals surface area contributed by atoms with Gasteiger partial charge in [0.05, 0.1) is 16.7 Å². The number of anilines is 1. The van der Waals surface area contributed by atoms with Crippen LogP contribution in [0.15, 0.2) is 41.3 Å². The number of hydrogen-bond acceptors (Lipinski definition) is 5. The van der Waals surface area contributed by atoms with E-state index in [1.807, 2.05) is 12.2 Å². The van der Waals surface area contributed by atoms with Gasteiger partial charge in [0.15, 0.2) is 0 Å². The molecular weight excluding hydrogens is 370 g/mol. The third-order valence-electron chi connectivity index (χ3n) is 5.72. The molecule has 2 aliphatic carbocycles. The highest BCUT2D eigenvalue weighted by molar-refractivity contribution is 7.89. The second kappa shape index (κ2) is 6.00. The Bertz CT molecular complexity index is 939. The third kappa shape index (κ3) is 2.78. The number of rotatable bonds is 4. The largest absolute Gasteiger partial charge is 0.324 e. The van der Waals surface area contributed by atoms with Gasteiger partial charge in [-0.05, 0) is 49.4 Å². The van der Waals surface area contributed by atoms with Crippen LogP contribution in [0, 0.1) is 23.7 Å². The third-order valence-corrected chi connectivity index (χ3v) is 6.65. The van der Waals surface area contributed by atoms with Crippen molar-refractivity contribution in [2.75, 3.05) is 5.32 Å². The topological polar surface area (TPSA) is 127 Å². The van der Waals surface area contributed by atoms with E-state index in [0.717, 1.165) is 11.3 Å². The molecule has 8 nitrogen and oxygen atoms in total. The van der Waals surface area contributed by atoms with E-state index in [1.165, 1.54) is 31.2 Å². The van der Waals surface area contributed by atoms with Crippen LogP contribution in [0.4, 0.5) is 5.69 Å². The Kier molecular flexibility index (Phi) is 3.97. The molecule has 2 fully saturated rings. The first-order valence-corrected chi connectivity index (χ1v) is 10.2. The van der Waals surface area contributed by atoms with E-state index in [2.05, 4.69) is 5.32 Å². The number of likely N-dealkylation sites (tertiary alicyclic amines) is 1. The van der Waals surface area contributed by atoms with E-state index < -0.39 is 22.0 Å². The average molecular weight is 389 g/mol. The van der Waals surface area contributed by atoms with Gasteiger partial charge in [-0.25, -0.2) is 13.6 Å². The summed E-state index contributed by atoms with van der Waals surface area (Å²) in [5, 5.41) is 7.65. The maximum atomic E-state index is 12.8. The summed E-state index contributed by atoms with van der Waals surface area (Å²) >= 11 is 0. The van der Waals surface area contributed by atoms with Crippen LogP contribution in [0.5, 0.6) is 0 Å². The molecule has 1 aromatic rings. The standard InChI is InChI=1S/C18H19N3O5S/c1-9(16(22)20-12-4-6-13(7-5-12)27(19,25)26)21-17(23)14-10-2-3-11(8-10)15(14)18(21)24/h2-7,9-11,14-15H,8H2,1H3,(H,20,22)(H2,19,25,26). The number of nitrogens with two attached hydrogens (primary N) is 1. The highest BCUT2D eigenvalue weighted by Gasteiger charge is 2.60. The summed E-state index contributed by atoms with van der Waals surface area (Å²) in [7, 11) is -3.82. The number of fused-ring (bicyclic) bond motifs is 5. The van der Waals surface area contributed by atoms with Crippen LogP contribution in [0.25, 0.3) is 0 Å². The van der Waals surface area contributed by atoms with Gasteiger partial charge in [0, 0.05) is 5.69 Å². The summed E-state index contributed by atoms with van der Waals surface area (Å²) in [4.78, 5) is 39.1. The number of primary sulfonamides is 1. The summed E-state index contributed by atoms with van der Waals surface area (Å²) in [6.07, 6.45) is 4.83. The maximum Gasteiger partial charge on any atom is 0.247 e. The van der Waals surface area contributed by atoms with Crippen molar-refractivity contribution < 1.29 is 22.8 Å². The molecular formula is C18H19N3O5S. The lowest BCUT2D eigenvalue weighted by Crippen LogP contribution is -2.46. The zero-order chi connectivity index (χ0) is 19.5. The summed E-state index contributed by atoms with van der Waals surface area (Å²) in [6.45, 7) is 1.51. The Labute approximate surface area is 156 Å². The van der Waals surface area contributed by atoms with Crippen molar-refractivity contribution in [1.29, 1.82) is 0 Å². The van der Waals surface area contributed by atoms with Crippen LogP contribution in [-0.4, -0.2) is 37.1 Å². The van der Waals surface area contributed by atoms with Crippen molar-refractivity contribution in [3.8, 4) is 0 Å². The van der Waals surface area contributed by atoms with Gasteiger partial charge in [0.25, 0.3) is 0 Å². The molecule has 1 aliphatic heterocycles. The van der Waals surface area contributed by atoms with Crippen LogP contribution < -0.4 is 10.5 Å². The van der Waals surface area contributed by atoms with Gasteiger partial charge < -0.3 is 5.32 Å². The molecule has 0 aromatic heterocycles. The Hall–Kier alpha value is -2.52. The molecule has 1 saturated carbocycles. The van der Waals surface area contributed by atoms with Crippen molar-refractivity contribution >= 4 is 33.4 Å². The fourth-order valence-corrected chi connectivity index (χ4v) is 4.91. The first kappa shape index (κ1) is 17.9. The van der Waals surface area contributed by atoms with E-state index in [0.29, 0.717) is 5.69 Å². The van der Waals surface area contributed by atoms with E-state index in [9.17, 15) is 22.8 Å². The van der Waals surface area contributed by atoms with Gasteiger partial charge in [0.1, 0.15) is 6.04 Å². The first-order chi connectivity index (χ1) is 12.7. The summed E-state index contributed by atoms with van der Waals surface area (Å²) in [6, 6.07) is 4.40. The monoisotopic (exact) mass is 389 g/mol.